The lowest BCUT2D eigenvalue weighted by atomic mass is 9.71. The Morgan fingerprint density at radius 2 is 1.44 bits per heavy atom. The molecule has 2 heterocycles. The van der Waals surface area contributed by atoms with Gasteiger partial charge in [-0.15, -0.1) is 0 Å². The van der Waals surface area contributed by atoms with E-state index < -0.39 is 65.8 Å². The molecule has 0 aromatic heterocycles. The van der Waals surface area contributed by atoms with E-state index in [0.29, 0.717) is 33.9 Å². The van der Waals surface area contributed by atoms with Gasteiger partial charge in [-0.2, -0.15) is 30.9 Å². The van der Waals surface area contributed by atoms with Crippen molar-refractivity contribution in [2.75, 3.05) is 18.0 Å². The van der Waals surface area contributed by atoms with E-state index in [1.54, 1.807) is 37.2 Å². The first-order valence-electron chi connectivity index (χ1n) is 16.0. The molecule has 8 nitrogen and oxygen atoms in total. The van der Waals surface area contributed by atoms with E-state index in [4.69, 9.17) is 0 Å². The summed E-state index contributed by atoms with van der Waals surface area (Å²) in [5.41, 5.74) is 0.493. The Kier molecular flexibility index (Phi) is 9.35. The fraction of sp³-hybridized carbons (Fsp3) is 0.444. The average molecular weight is 707 g/mol. The van der Waals surface area contributed by atoms with Crippen molar-refractivity contribution in [3.63, 3.8) is 0 Å². The Balaban J connectivity index is 1.52. The van der Waals surface area contributed by atoms with Gasteiger partial charge in [0.15, 0.2) is 11.5 Å². The number of allylic oxidation sites excluding steroid dienone is 2. The summed E-state index contributed by atoms with van der Waals surface area (Å²) in [5.74, 6) is -4.19. The number of carboxylic acids is 2. The van der Waals surface area contributed by atoms with Gasteiger partial charge in [-0.1, -0.05) is 26.0 Å². The number of ketones is 1. The summed E-state index contributed by atoms with van der Waals surface area (Å²) in [6, 6.07) is 8.51. The summed E-state index contributed by atoms with van der Waals surface area (Å²) in [6.07, 6.45) is -10.4. The van der Waals surface area contributed by atoms with Crippen molar-refractivity contribution in [1.82, 2.24) is 0 Å². The molecule has 0 amide bonds. The van der Waals surface area contributed by atoms with Crippen LogP contribution in [0.2, 0.25) is 0 Å². The first-order valence-corrected chi connectivity index (χ1v) is 16.0. The molecule has 50 heavy (non-hydrogen) atoms. The molecular formula is C36H36F6N2O6. The Morgan fingerprint density at radius 1 is 0.880 bits per heavy atom. The number of carboxylic acid groups (broad SMARTS) is 2. The number of Topliss-reactive ketones (excluding diaryl/α,β-unsaturated/α-hetero) is 1. The summed E-state index contributed by atoms with van der Waals surface area (Å²) in [7, 11) is 0. The molecule has 1 saturated carbocycles. The molecule has 0 spiro atoms. The summed E-state index contributed by atoms with van der Waals surface area (Å²) < 4.78 is 80.0. The van der Waals surface area contributed by atoms with Crippen LogP contribution in [0.4, 0.5) is 37.7 Å². The minimum atomic E-state index is -4.42. The largest absolute Gasteiger partial charge is 0.848 e. The van der Waals surface area contributed by atoms with Crippen LogP contribution in [0, 0.1) is 5.92 Å². The van der Waals surface area contributed by atoms with E-state index in [-0.39, 0.29) is 42.6 Å². The normalized spacial score (nSPS) is 22.6. The van der Waals surface area contributed by atoms with Gasteiger partial charge in [0, 0.05) is 66.2 Å². The number of anilines is 1. The number of halogens is 6. The fourth-order valence-electron chi connectivity index (χ4n) is 7.14. The van der Waals surface area contributed by atoms with Gasteiger partial charge in [0.25, 0.3) is 0 Å². The highest BCUT2D eigenvalue weighted by Gasteiger charge is 2.48. The van der Waals surface area contributed by atoms with Gasteiger partial charge in [-0.05, 0) is 61.7 Å². The lowest BCUT2D eigenvalue weighted by Gasteiger charge is -2.43. The highest BCUT2D eigenvalue weighted by molar-refractivity contribution is 6.14. The van der Waals surface area contributed by atoms with Crippen molar-refractivity contribution in [3.05, 3.63) is 82.1 Å². The number of carbonyl (C=O) groups excluding carboxylic acids is 1. The zero-order chi connectivity index (χ0) is 37.1. The molecule has 5 rings (SSSR count). The molecule has 14 heteroatoms. The molecule has 1 aliphatic carbocycles. The summed E-state index contributed by atoms with van der Waals surface area (Å²) in [5, 5.41) is 32.9. The van der Waals surface area contributed by atoms with E-state index in [9.17, 15) is 56.0 Å². The highest BCUT2D eigenvalue weighted by atomic mass is 19.4. The topological polar surface area (TPSA) is 121 Å². The minimum absolute atomic E-state index is 0.0348. The number of benzene rings is 2. The second-order valence-corrected chi connectivity index (χ2v) is 13.9. The SMILES string of the molecule is CC1(C)C(/C=C2\C(=O)C(/C=C3\N(CCCC(F)(F)F)c4ccc(C(=O)O)cc4C3(C)C)C2[O-])=[N+](CCCC(F)(F)F)c2ccc(C(=O)O)cc21. The van der Waals surface area contributed by atoms with Gasteiger partial charge >= 0.3 is 24.3 Å². The minimum Gasteiger partial charge on any atom is -0.848 e. The van der Waals surface area contributed by atoms with Crippen molar-refractivity contribution in [1.29, 1.82) is 0 Å². The molecule has 2 aliphatic heterocycles. The third-order valence-electron chi connectivity index (χ3n) is 9.81. The lowest BCUT2D eigenvalue weighted by molar-refractivity contribution is -0.440. The lowest BCUT2D eigenvalue weighted by Crippen LogP contribution is -2.53. The molecule has 0 saturated heterocycles. The number of hydrogen-bond acceptors (Lipinski definition) is 5. The highest BCUT2D eigenvalue weighted by Crippen LogP contribution is 2.50. The van der Waals surface area contributed by atoms with Crippen LogP contribution in [0.25, 0.3) is 0 Å². The molecule has 2 aromatic carbocycles. The maximum absolute atomic E-state index is 13.8. The second-order valence-electron chi connectivity index (χ2n) is 13.9. The number of aromatic carboxylic acids is 2. The fourth-order valence-corrected chi connectivity index (χ4v) is 7.14. The number of alkyl halides is 6. The van der Waals surface area contributed by atoms with Crippen molar-refractivity contribution in [2.24, 2.45) is 5.92 Å². The van der Waals surface area contributed by atoms with Gasteiger partial charge in [-0.25, -0.2) is 9.59 Å². The standard InChI is InChI=1S/C36H36F6N2O6/c1-33(2)23-15-19(31(47)48)7-9-25(23)43(13-5-11-35(37,38)39)27(33)17-21-29(45)22(30(21)46)18-28-34(3,4)24-16-20(32(49)50)8-10-26(24)44(28)14-6-12-36(40,41)42/h7-10,15-18,21,29H,5-6,11-14H2,1-4H3,(H,47,48)(H,49,50)/b22-18-,27-17-. The second kappa shape index (κ2) is 12.7. The van der Waals surface area contributed by atoms with Crippen molar-refractivity contribution >= 4 is 34.8 Å². The average Bonchev–Trinajstić information content (AvgIpc) is 3.34. The van der Waals surface area contributed by atoms with E-state index in [1.807, 2.05) is 0 Å². The van der Waals surface area contributed by atoms with Crippen LogP contribution in [-0.4, -0.2) is 69.8 Å². The Labute approximate surface area is 284 Å². The maximum atomic E-state index is 13.8. The molecule has 2 unspecified atom stereocenters. The predicted octanol–water partition coefficient (Wildman–Crippen LogP) is 6.68. The molecule has 268 valence electrons. The molecule has 2 atom stereocenters. The van der Waals surface area contributed by atoms with E-state index in [1.165, 1.54) is 48.6 Å². The van der Waals surface area contributed by atoms with Gasteiger partial charge < -0.3 is 20.2 Å². The third-order valence-corrected chi connectivity index (χ3v) is 9.81. The number of rotatable bonds is 10. The molecule has 0 radical (unpaired) electrons. The number of hydrogen-bond donors (Lipinski definition) is 2. The smallest absolute Gasteiger partial charge is 0.389 e. The predicted molar refractivity (Wildman–Crippen MR) is 169 cm³/mol. The van der Waals surface area contributed by atoms with Crippen LogP contribution in [0.1, 0.15) is 85.2 Å². The van der Waals surface area contributed by atoms with Crippen LogP contribution in [0.3, 0.4) is 0 Å². The summed E-state index contributed by atoms with van der Waals surface area (Å²) in [6.45, 7) is 6.66. The van der Waals surface area contributed by atoms with Crippen LogP contribution in [0.15, 0.2) is 59.8 Å². The van der Waals surface area contributed by atoms with E-state index in [0.717, 1.165) is 0 Å². The molecule has 3 aliphatic rings. The zero-order valence-electron chi connectivity index (χ0n) is 27.7. The number of fused-ring (bicyclic) bond motifs is 2. The summed E-state index contributed by atoms with van der Waals surface area (Å²) >= 11 is 0. The third kappa shape index (κ3) is 6.81. The van der Waals surface area contributed by atoms with Crippen LogP contribution >= 0.6 is 0 Å². The molecule has 1 fully saturated rings. The van der Waals surface area contributed by atoms with Crippen molar-refractivity contribution < 1.29 is 60.6 Å². The Bertz CT molecular complexity index is 1850. The van der Waals surface area contributed by atoms with Crippen molar-refractivity contribution in [3.8, 4) is 0 Å². The first-order chi connectivity index (χ1) is 23.0. The van der Waals surface area contributed by atoms with Gasteiger partial charge in [0.2, 0.25) is 5.69 Å². The quantitative estimate of drug-likeness (QED) is 0.161. The summed E-state index contributed by atoms with van der Waals surface area (Å²) in [4.78, 5) is 38.7. The Hall–Kier alpha value is -4.46. The molecule has 0 bridgehead atoms. The number of carbonyl (C=O) groups is 3. The monoisotopic (exact) mass is 706 g/mol. The first kappa shape index (κ1) is 36.8. The van der Waals surface area contributed by atoms with E-state index in [2.05, 4.69) is 0 Å². The molecule has 2 N–H and O–H groups in total. The molecular weight excluding hydrogens is 670 g/mol. The van der Waals surface area contributed by atoms with Crippen LogP contribution in [0.5, 0.6) is 0 Å². The van der Waals surface area contributed by atoms with Gasteiger partial charge in [0.05, 0.1) is 16.5 Å². The van der Waals surface area contributed by atoms with Crippen LogP contribution < -0.4 is 10.0 Å². The maximum Gasteiger partial charge on any atom is 0.389 e. The number of nitrogens with zero attached hydrogens (tertiary/aromatic N) is 2. The molecule has 2 aromatic rings. The Morgan fingerprint density at radius 3 is 2.00 bits per heavy atom. The zero-order valence-corrected chi connectivity index (χ0v) is 27.7. The van der Waals surface area contributed by atoms with E-state index >= 15 is 0 Å². The van der Waals surface area contributed by atoms with Crippen molar-refractivity contribution in [2.45, 2.75) is 82.7 Å². The van der Waals surface area contributed by atoms with Gasteiger partial charge in [-0.3, -0.25) is 4.79 Å². The van der Waals surface area contributed by atoms with Crippen LogP contribution in [-0.2, 0) is 15.6 Å². The van der Waals surface area contributed by atoms with Gasteiger partial charge in [0.1, 0.15) is 6.54 Å².